The predicted octanol–water partition coefficient (Wildman–Crippen LogP) is 4.97. The number of aromatic nitrogens is 4. The maximum atomic E-state index is 13.0. The van der Waals surface area contributed by atoms with Gasteiger partial charge in [0.25, 0.3) is 0 Å². The number of anilines is 1. The molecule has 1 unspecified atom stereocenters. The molecular weight excluding hydrogens is 477 g/mol. The first-order chi connectivity index (χ1) is 16.1. The highest BCUT2D eigenvalue weighted by Crippen LogP contribution is 2.50. The Kier molecular flexibility index (Phi) is 8.95. The second kappa shape index (κ2) is 11.5. The molecule has 2 heterocycles. The van der Waals surface area contributed by atoms with Gasteiger partial charge in [0, 0.05) is 4.90 Å². The van der Waals surface area contributed by atoms with Gasteiger partial charge in [0.2, 0.25) is 5.95 Å². The molecule has 2 aromatic heterocycles. The summed E-state index contributed by atoms with van der Waals surface area (Å²) in [6.45, 7) is 9.53. The van der Waals surface area contributed by atoms with Gasteiger partial charge in [-0.25, -0.2) is 9.97 Å². The quantitative estimate of drug-likeness (QED) is 0.264. The fraction of sp³-hybridized carbons (Fsp3) is 0.500. The molecule has 34 heavy (non-hydrogen) atoms. The van der Waals surface area contributed by atoms with Gasteiger partial charge in [-0.1, -0.05) is 11.8 Å². The minimum Gasteiger partial charge on any atom is -0.497 e. The molecule has 3 rings (SSSR count). The van der Waals surface area contributed by atoms with Crippen LogP contribution in [0.2, 0.25) is 0 Å². The lowest BCUT2D eigenvalue weighted by molar-refractivity contribution is 0.0549. The normalized spacial score (nSPS) is 13.2. The number of benzene rings is 1. The van der Waals surface area contributed by atoms with Crippen LogP contribution in [-0.2, 0) is 24.9 Å². The largest absolute Gasteiger partial charge is 0.497 e. The zero-order valence-electron chi connectivity index (χ0n) is 20.3. The first-order valence-electron chi connectivity index (χ1n) is 11.0. The van der Waals surface area contributed by atoms with Crippen LogP contribution in [0.3, 0.4) is 0 Å². The Morgan fingerprint density at radius 2 is 1.71 bits per heavy atom. The van der Waals surface area contributed by atoms with Gasteiger partial charge in [0.1, 0.15) is 22.6 Å². The van der Waals surface area contributed by atoms with Crippen molar-refractivity contribution in [3.63, 3.8) is 0 Å². The Morgan fingerprint density at radius 3 is 2.29 bits per heavy atom. The lowest BCUT2D eigenvalue weighted by Gasteiger charge is -2.24. The third-order valence-corrected chi connectivity index (χ3v) is 7.37. The fourth-order valence-electron chi connectivity index (χ4n) is 3.17. The van der Waals surface area contributed by atoms with Gasteiger partial charge in [-0.2, -0.15) is 4.98 Å². The van der Waals surface area contributed by atoms with Gasteiger partial charge in [0.15, 0.2) is 5.65 Å². The second-order valence-electron chi connectivity index (χ2n) is 8.26. The summed E-state index contributed by atoms with van der Waals surface area (Å²) in [7, 11) is -1.76. The third-order valence-electron chi connectivity index (χ3n) is 4.44. The summed E-state index contributed by atoms with van der Waals surface area (Å²) in [5.74, 6) is 0.927. The van der Waals surface area contributed by atoms with Crippen LogP contribution >= 0.6 is 19.4 Å². The number of methoxy groups -OCH3 is 1. The molecule has 0 aliphatic heterocycles. The van der Waals surface area contributed by atoms with Crippen molar-refractivity contribution in [3.05, 3.63) is 30.6 Å². The molecule has 0 bridgehead atoms. The van der Waals surface area contributed by atoms with Gasteiger partial charge in [-0.3, -0.25) is 4.57 Å². The van der Waals surface area contributed by atoms with Crippen molar-refractivity contribution in [1.82, 2.24) is 19.5 Å². The van der Waals surface area contributed by atoms with Crippen molar-refractivity contribution in [3.8, 4) is 5.75 Å². The molecule has 0 saturated carbocycles. The highest BCUT2D eigenvalue weighted by Gasteiger charge is 2.29. The van der Waals surface area contributed by atoms with Crippen LogP contribution in [0.5, 0.6) is 5.75 Å². The summed E-state index contributed by atoms with van der Waals surface area (Å²) >= 11 is 1.44. The van der Waals surface area contributed by atoms with E-state index in [4.69, 9.17) is 24.3 Å². The molecular formula is C22H32N5O5PS. The van der Waals surface area contributed by atoms with Gasteiger partial charge >= 0.3 is 7.60 Å². The smallest absolute Gasteiger partial charge is 0.356 e. The van der Waals surface area contributed by atoms with E-state index in [1.54, 1.807) is 13.4 Å². The molecule has 0 aliphatic carbocycles. The SMILES string of the molecule is COc1ccc(Sc2nc(N)nc3c2ncn3CC(C)OCP(=O)(OC(C)C)OC(C)C)cc1. The summed E-state index contributed by atoms with van der Waals surface area (Å²) in [6.07, 6.45) is 0.717. The number of nitrogens with zero attached hydrogens (tertiary/aromatic N) is 4. The molecule has 0 spiro atoms. The van der Waals surface area contributed by atoms with E-state index in [0.29, 0.717) is 22.7 Å². The molecule has 0 fully saturated rings. The Hall–Kier alpha value is -2.17. The lowest BCUT2D eigenvalue weighted by atomic mass is 10.3. The van der Waals surface area contributed by atoms with Crippen molar-refractivity contribution < 1.29 is 23.1 Å². The molecule has 0 aliphatic rings. The van der Waals surface area contributed by atoms with Crippen LogP contribution < -0.4 is 10.5 Å². The van der Waals surface area contributed by atoms with E-state index in [1.165, 1.54) is 11.8 Å². The van der Waals surface area contributed by atoms with E-state index < -0.39 is 7.60 Å². The number of hydrogen-bond acceptors (Lipinski definition) is 10. The van der Waals surface area contributed by atoms with E-state index in [9.17, 15) is 4.57 Å². The maximum Gasteiger partial charge on any atom is 0.356 e. The predicted molar refractivity (Wildman–Crippen MR) is 132 cm³/mol. The molecule has 12 heteroatoms. The van der Waals surface area contributed by atoms with Gasteiger partial charge < -0.3 is 28.8 Å². The number of nitrogens with two attached hydrogens (primary N) is 1. The Bertz CT molecular complexity index is 1120. The zero-order chi connectivity index (χ0) is 24.9. The first kappa shape index (κ1) is 26.4. The van der Waals surface area contributed by atoms with Gasteiger partial charge in [-0.05, 0) is 58.9 Å². The fourth-order valence-corrected chi connectivity index (χ4v) is 5.94. The summed E-state index contributed by atoms with van der Waals surface area (Å²) in [4.78, 5) is 14.2. The molecule has 1 atom stereocenters. The van der Waals surface area contributed by atoms with Crippen molar-refractivity contribution >= 4 is 36.5 Å². The van der Waals surface area contributed by atoms with Crippen molar-refractivity contribution in [2.24, 2.45) is 0 Å². The number of imidazole rings is 1. The lowest BCUT2D eigenvalue weighted by Crippen LogP contribution is -2.19. The highest BCUT2D eigenvalue weighted by atomic mass is 32.2. The topological polar surface area (TPSA) is 124 Å². The maximum absolute atomic E-state index is 13.0. The van der Waals surface area contributed by atoms with Crippen LogP contribution in [0.1, 0.15) is 34.6 Å². The average molecular weight is 510 g/mol. The Balaban J connectivity index is 1.74. The molecule has 2 N–H and O–H groups in total. The molecule has 0 saturated heterocycles. The van der Waals surface area contributed by atoms with Crippen LogP contribution in [0.25, 0.3) is 11.2 Å². The summed E-state index contributed by atoms with van der Waals surface area (Å²) in [5.41, 5.74) is 7.23. The van der Waals surface area contributed by atoms with Crippen LogP contribution in [0.4, 0.5) is 5.95 Å². The number of hydrogen-bond donors (Lipinski definition) is 1. The zero-order valence-corrected chi connectivity index (χ0v) is 22.0. The Labute approximate surface area is 204 Å². The molecule has 1 aromatic carbocycles. The summed E-state index contributed by atoms with van der Waals surface area (Å²) in [5, 5.41) is 0.653. The number of ether oxygens (including phenoxy) is 2. The van der Waals surface area contributed by atoms with Gasteiger partial charge in [0.05, 0.1) is 38.3 Å². The second-order valence-corrected chi connectivity index (χ2v) is 11.2. The van der Waals surface area contributed by atoms with E-state index >= 15 is 0 Å². The average Bonchev–Trinajstić information content (AvgIpc) is 3.14. The van der Waals surface area contributed by atoms with Crippen LogP contribution in [0.15, 0.2) is 40.5 Å². The van der Waals surface area contributed by atoms with E-state index in [2.05, 4.69) is 15.0 Å². The van der Waals surface area contributed by atoms with E-state index in [1.807, 2.05) is 63.5 Å². The number of nitrogen functional groups attached to an aromatic ring is 1. The minimum absolute atomic E-state index is 0.146. The monoisotopic (exact) mass is 509 g/mol. The summed E-state index contributed by atoms with van der Waals surface area (Å²) in [6, 6.07) is 7.65. The first-order valence-corrected chi connectivity index (χ1v) is 13.5. The number of rotatable bonds is 12. The molecule has 186 valence electrons. The molecule has 3 aromatic rings. The minimum atomic E-state index is -3.39. The van der Waals surface area contributed by atoms with Crippen LogP contribution in [0, 0.1) is 0 Å². The van der Waals surface area contributed by atoms with Crippen molar-refractivity contribution in [2.45, 2.75) is 69.4 Å². The molecule has 0 amide bonds. The highest BCUT2D eigenvalue weighted by molar-refractivity contribution is 7.99. The van der Waals surface area contributed by atoms with E-state index in [0.717, 1.165) is 10.6 Å². The molecule has 10 nitrogen and oxygen atoms in total. The van der Waals surface area contributed by atoms with Crippen molar-refractivity contribution in [2.75, 3.05) is 19.2 Å². The van der Waals surface area contributed by atoms with Gasteiger partial charge in [-0.15, -0.1) is 0 Å². The Morgan fingerprint density at radius 1 is 1.06 bits per heavy atom. The van der Waals surface area contributed by atoms with Crippen LogP contribution in [-0.4, -0.2) is 51.3 Å². The standard InChI is InChI=1S/C22H32N5O5PS/c1-14(2)31-33(28,32-15(3)4)13-30-16(5)11-27-12-24-19-20(27)25-22(23)26-21(19)34-18-9-7-17(29-6)8-10-18/h7-10,12,14-16H,11,13H2,1-6H3,(H2,23,25,26). The third kappa shape index (κ3) is 7.16. The summed E-state index contributed by atoms with van der Waals surface area (Å²) < 4.78 is 37.0. The van der Waals surface area contributed by atoms with E-state index in [-0.39, 0.29) is 30.6 Å². The van der Waals surface area contributed by atoms with Crippen molar-refractivity contribution in [1.29, 1.82) is 0 Å². The molecule has 0 radical (unpaired) electrons. The number of fused-ring (bicyclic) bond motifs is 1.